The van der Waals surface area contributed by atoms with E-state index in [0.29, 0.717) is 0 Å². The molecule has 2 amide bonds. The van der Waals surface area contributed by atoms with Crippen LogP contribution in [0.1, 0.15) is 34.6 Å². The molecule has 1 heterocycles. The fraction of sp³-hybridized carbons (Fsp3) is 0.833. The molecule has 1 rings (SSSR count). The first-order valence-electron chi connectivity index (χ1n) is 6.13. The second-order valence-electron chi connectivity index (χ2n) is 6.17. The van der Waals surface area contributed by atoms with Gasteiger partial charge in [0.15, 0.2) is 0 Å². The van der Waals surface area contributed by atoms with E-state index in [0.717, 1.165) is 0 Å². The van der Waals surface area contributed by atoms with Crippen molar-refractivity contribution >= 4 is 24.8 Å². The van der Waals surface area contributed by atoms with Crippen molar-refractivity contribution in [2.75, 3.05) is 13.2 Å². The summed E-state index contributed by atoms with van der Waals surface area (Å²) in [5.74, 6) is -0.385. The monoisotopic (exact) mass is 290 g/mol. The first kappa shape index (κ1) is 16.1. The first-order valence-corrected chi connectivity index (χ1v) is 6.58. The Morgan fingerprint density at radius 1 is 1.42 bits per heavy atom. The lowest BCUT2D eigenvalue weighted by atomic mass is 10.0. The number of carbonyl (C=O) groups excluding carboxylic acids is 2. The SMILES string of the molecule is CC(C)(C)OC(=O)N1CC(C)(C)OCC1C(=O)NS. The van der Waals surface area contributed by atoms with Crippen molar-refractivity contribution in [1.29, 1.82) is 0 Å². The number of carbonyl (C=O) groups is 2. The number of ether oxygens (including phenoxy) is 2. The van der Waals surface area contributed by atoms with E-state index >= 15 is 0 Å². The summed E-state index contributed by atoms with van der Waals surface area (Å²) in [4.78, 5) is 25.3. The van der Waals surface area contributed by atoms with Crippen LogP contribution in [0.3, 0.4) is 0 Å². The molecular formula is C12H22N2O4S. The van der Waals surface area contributed by atoms with Crippen molar-refractivity contribution in [1.82, 2.24) is 9.62 Å². The first-order chi connectivity index (χ1) is 8.56. The smallest absolute Gasteiger partial charge is 0.411 e. The molecule has 110 valence electrons. The molecule has 1 aliphatic heterocycles. The Hall–Kier alpha value is -0.950. The lowest BCUT2D eigenvalue weighted by Crippen LogP contribution is -2.60. The minimum absolute atomic E-state index is 0.124. The van der Waals surface area contributed by atoms with Crippen LogP contribution in [0.2, 0.25) is 0 Å². The van der Waals surface area contributed by atoms with Gasteiger partial charge in [-0.1, -0.05) is 12.8 Å². The zero-order valence-electron chi connectivity index (χ0n) is 12.0. The number of rotatable bonds is 1. The van der Waals surface area contributed by atoms with Crippen molar-refractivity contribution in [3.8, 4) is 0 Å². The summed E-state index contributed by atoms with van der Waals surface area (Å²) in [7, 11) is 0. The molecule has 1 saturated heterocycles. The van der Waals surface area contributed by atoms with Crippen molar-refractivity contribution in [2.45, 2.75) is 51.9 Å². The quantitative estimate of drug-likeness (QED) is 0.716. The molecular weight excluding hydrogens is 268 g/mol. The average molecular weight is 290 g/mol. The maximum Gasteiger partial charge on any atom is 0.411 e. The van der Waals surface area contributed by atoms with E-state index in [9.17, 15) is 9.59 Å². The molecule has 1 aliphatic rings. The molecule has 0 aromatic carbocycles. The highest BCUT2D eigenvalue weighted by atomic mass is 32.1. The highest BCUT2D eigenvalue weighted by Gasteiger charge is 2.41. The summed E-state index contributed by atoms with van der Waals surface area (Å²) in [5.41, 5.74) is -1.12. The third kappa shape index (κ3) is 4.58. The van der Waals surface area contributed by atoms with Gasteiger partial charge in [-0.15, -0.1) is 0 Å². The molecule has 1 fully saturated rings. The molecule has 0 spiro atoms. The second-order valence-corrected chi connectivity index (χ2v) is 6.39. The van der Waals surface area contributed by atoms with Crippen LogP contribution in [-0.4, -0.2) is 47.3 Å². The molecule has 0 aliphatic carbocycles. The fourth-order valence-corrected chi connectivity index (χ4v) is 1.91. The van der Waals surface area contributed by atoms with Gasteiger partial charge in [0.25, 0.3) is 5.91 Å². The van der Waals surface area contributed by atoms with Gasteiger partial charge in [-0.05, 0) is 34.6 Å². The van der Waals surface area contributed by atoms with E-state index in [2.05, 4.69) is 17.5 Å². The summed E-state index contributed by atoms with van der Waals surface area (Å²) in [5, 5.41) is 0. The van der Waals surface area contributed by atoms with E-state index in [1.807, 2.05) is 13.8 Å². The Labute approximate surface area is 119 Å². The number of thiol groups is 1. The maximum absolute atomic E-state index is 12.2. The van der Waals surface area contributed by atoms with Crippen LogP contribution in [0.4, 0.5) is 4.79 Å². The van der Waals surface area contributed by atoms with Crippen LogP contribution in [0.15, 0.2) is 0 Å². The van der Waals surface area contributed by atoms with Gasteiger partial charge in [-0.25, -0.2) is 4.79 Å². The minimum Gasteiger partial charge on any atom is -0.444 e. The number of nitrogens with one attached hydrogen (secondary N) is 1. The summed E-state index contributed by atoms with van der Waals surface area (Å²) in [6.45, 7) is 9.48. The molecule has 6 nitrogen and oxygen atoms in total. The third-order valence-electron chi connectivity index (χ3n) is 2.60. The summed E-state index contributed by atoms with van der Waals surface area (Å²) >= 11 is 3.73. The third-order valence-corrected chi connectivity index (χ3v) is 2.82. The Morgan fingerprint density at radius 2 is 2.00 bits per heavy atom. The zero-order chi connectivity index (χ0) is 14.8. The van der Waals surface area contributed by atoms with Gasteiger partial charge in [0, 0.05) is 0 Å². The molecule has 0 aromatic rings. The summed E-state index contributed by atoms with van der Waals surface area (Å²) < 4.78 is 13.1. The molecule has 1 atom stereocenters. The van der Waals surface area contributed by atoms with Crippen molar-refractivity contribution < 1.29 is 19.1 Å². The van der Waals surface area contributed by atoms with Crippen LogP contribution in [-0.2, 0) is 14.3 Å². The van der Waals surface area contributed by atoms with Gasteiger partial charge >= 0.3 is 6.09 Å². The Morgan fingerprint density at radius 3 is 2.47 bits per heavy atom. The van der Waals surface area contributed by atoms with Crippen LogP contribution in [0.25, 0.3) is 0 Å². The second kappa shape index (κ2) is 5.58. The Kier molecular flexibility index (Phi) is 4.73. The normalized spacial score (nSPS) is 22.8. The highest BCUT2D eigenvalue weighted by Crippen LogP contribution is 2.23. The average Bonchev–Trinajstić information content (AvgIpc) is 2.24. The van der Waals surface area contributed by atoms with E-state index < -0.39 is 23.3 Å². The molecule has 1 N–H and O–H groups in total. The maximum atomic E-state index is 12.2. The van der Waals surface area contributed by atoms with Crippen molar-refractivity contribution in [3.05, 3.63) is 0 Å². The van der Waals surface area contributed by atoms with Crippen molar-refractivity contribution in [2.24, 2.45) is 0 Å². The molecule has 19 heavy (non-hydrogen) atoms. The van der Waals surface area contributed by atoms with Gasteiger partial charge in [-0.2, -0.15) is 0 Å². The van der Waals surface area contributed by atoms with E-state index in [-0.39, 0.29) is 19.1 Å². The van der Waals surface area contributed by atoms with Gasteiger partial charge in [0.1, 0.15) is 11.6 Å². The standard InChI is InChI=1S/C12H22N2O4S/c1-11(2,3)18-10(16)14-7-12(4,5)17-6-8(14)9(15)13-19/h8,19H,6-7H2,1-5H3,(H,13,15). The molecule has 7 heteroatoms. The van der Waals surface area contributed by atoms with Crippen LogP contribution in [0.5, 0.6) is 0 Å². The molecule has 0 radical (unpaired) electrons. The number of nitrogens with zero attached hydrogens (tertiary/aromatic N) is 1. The lowest BCUT2D eigenvalue weighted by Gasteiger charge is -2.42. The summed E-state index contributed by atoms with van der Waals surface area (Å²) in [6.07, 6.45) is -0.522. The summed E-state index contributed by atoms with van der Waals surface area (Å²) in [6, 6.07) is -0.722. The zero-order valence-corrected chi connectivity index (χ0v) is 12.9. The Bertz CT molecular complexity index is 365. The fourth-order valence-electron chi connectivity index (χ4n) is 1.76. The largest absolute Gasteiger partial charge is 0.444 e. The van der Waals surface area contributed by atoms with E-state index in [1.165, 1.54) is 4.90 Å². The number of amides is 2. The predicted molar refractivity (Wildman–Crippen MR) is 73.9 cm³/mol. The molecule has 1 unspecified atom stereocenters. The van der Waals surface area contributed by atoms with Crippen molar-refractivity contribution in [3.63, 3.8) is 0 Å². The van der Waals surface area contributed by atoms with Gasteiger partial charge < -0.3 is 14.2 Å². The Balaban J connectivity index is 2.88. The van der Waals surface area contributed by atoms with Gasteiger partial charge in [0.2, 0.25) is 0 Å². The topological polar surface area (TPSA) is 67.9 Å². The lowest BCUT2D eigenvalue weighted by molar-refractivity contribution is -0.144. The van der Waals surface area contributed by atoms with Gasteiger partial charge in [-0.3, -0.25) is 9.69 Å². The highest BCUT2D eigenvalue weighted by molar-refractivity contribution is 7.78. The van der Waals surface area contributed by atoms with E-state index in [4.69, 9.17) is 9.47 Å². The van der Waals surface area contributed by atoms with Crippen LogP contribution in [0, 0.1) is 0 Å². The van der Waals surface area contributed by atoms with Gasteiger partial charge in [0.05, 0.1) is 18.8 Å². The number of morpholine rings is 1. The van der Waals surface area contributed by atoms with Crippen LogP contribution < -0.4 is 4.72 Å². The molecule has 0 aromatic heterocycles. The molecule has 0 bridgehead atoms. The number of hydrogen-bond donors (Lipinski definition) is 2. The van der Waals surface area contributed by atoms with E-state index in [1.54, 1.807) is 20.8 Å². The predicted octanol–water partition coefficient (Wildman–Crippen LogP) is 1.36. The molecule has 0 saturated carbocycles. The van der Waals surface area contributed by atoms with Crippen LogP contribution >= 0.6 is 12.8 Å². The minimum atomic E-state index is -0.722. The number of hydrogen-bond acceptors (Lipinski definition) is 5.